The minimum atomic E-state index is -1.55. The van der Waals surface area contributed by atoms with Crippen molar-refractivity contribution >= 4 is 70.0 Å². The predicted octanol–water partition coefficient (Wildman–Crippen LogP) is -1.93. The molecule has 9 amide bonds. The molecule has 1 aliphatic rings. The van der Waals surface area contributed by atoms with Crippen LogP contribution in [0.25, 0.3) is 10.9 Å². The van der Waals surface area contributed by atoms with Gasteiger partial charge in [-0.25, -0.2) is 4.98 Å². The number of nitrogens with two attached hydrogens (primary N) is 3. The second kappa shape index (κ2) is 26.8. The largest absolute Gasteiger partial charge is 0.370 e. The van der Waals surface area contributed by atoms with Crippen LogP contribution in [-0.2, 0) is 62.4 Å². The van der Waals surface area contributed by atoms with Crippen molar-refractivity contribution in [3.05, 3.63) is 90.1 Å². The van der Waals surface area contributed by atoms with Gasteiger partial charge in [0, 0.05) is 61.2 Å². The maximum absolute atomic E-state index is 14.8. The van der Waals surface area contributed by atoms with E-state index < -0.39 is 120 Å². The summed E-state index contributed by atoms with van der Waals surface area (Å²) in [6.45, 7) is 6.22. The molecule has 4 aromatic rings. The van der Waals surface area contributed by atoms with Gasteiger partial charge < -0.3 is 69.7 Å². The van der Waals surface area contributed by atoms with E-state index in [4.69, 9.17) is 17.2 Å². The number of para-hydroxylation sites is 1. The molecule has 392 valence electrons. The Bertz CT molecular complexity index is 2600. The predicted molar refractivity (Wildman–Crippen MR) is 269 cm³/mol. The first kappa shape index (κ1) is 55.6. The first-order valence-corrected chi connectivity index (χ1v) is 24.1. The summed E-state index contributed by atoms with van der Waals surface area (Å²) < 4.78 is 0. The Morgan fingerprint density at radius 1 is 0.699 bits per heavy atom. The lowest BCUT2D eigenvalue weighted by Crippen LogP contribution is -2.61. The topological polar surface area (TPSA) is 385 Å². The summed E-state index contributed by atoms with van der Waals surface area (Å²) in [5, 5.41) is 22.2. The van der Waals surface area contributed by atoms with Crippen molar-refractivity contribution in [2.75, 3.05) is 13.1 Å². The van der Waals surface area contributed by atoms with E-state index in [1.54, 1.807) is 70.3 Å². The van der Waals surface area contributed by atoms with Gasteiger partial charge in [-0.2, -0.15) is 0 Å². The van der Waals surface area contributed by atoms with Gasteiger partial charge in [-0.15, -0.1) is 0 Å². The molecule has 16 N–H and O–H groups in total. The zero-order valence-electron chi connectivity index (χ0n) is 41.3. The molecule has 1 fully saturated rings. The summed E-state index contributed by atoms with van der Waals surface area (Å²) in [5.74, 6) is -8.29. The molecule has 1 aliphatic heterocycles. The summed E-state index contributed by atoms with van der Waals surface area (Å²) in [5.41, 5.74) is 18.8. The van der Waals surface area contributed by atoms with Crippen molar-refractivity contribution in [2.24, 2.45) is 34.0 Å². The van der Waals surface area contributed by atoms with Crippen LogP contribution >= 0.6 is 0 Å². The molecule has 0 saturated carbocycles. The Morgan fingerprint density at radius 2 is 1.30 bits per heavy atom. The van der Waals surface area contributed by atoms with Gasteiger partial charge in [-0.3, -0.25) is 48.1 Å². The van der Waals surface area contributed by atoms with E-state index in [2.05, 4.69) is 62.5 Å². The number of benzene rings is 2. The molecule has 24 nitrogen and oxygen atoms in total. The highest BCUT2D eigenvalue weighted by Gasteiger charge is 2.36. The number of primary amides is 1. The highest BCUT2D eigenvalue weighted by Crippen LogP contribution is 2.20. The number of aliphatic imine (C=N–C) groups is 1. The maximum Gasteiger partial charge on any atom is 0.243 e. The van der Waals surface area contributed by atoms with Crippen LogP contribution in [0.3, 0.4) is 0 Å². The van der Waals surface area contributed by atoms with Gasteiger partial charge in [-0.05, 0) is 48.3 Å². The van der Waals surface area contributed by atoms with E-state index in [0.29, 0.717) is 16.8 Å². The van der Waals surface area contributed by atoms with E-state index in [-0.39, 0.29) is 51.0 Å². The molecule has 0 spiro atoms. The van der Waals surface area contributed by atoms with Gasteiger partial charge >= 0.3 is 0 Å². The van der Waals surface area contributed by atoms with E-state index >= 15 is 0 Å². The molecule has 0 bridgehead atoms. The molecule has 1 saturated heterocycles. The normalized spacial score (nSPS) is 20.0. The van der Waals surface area contributed by atoms with Crippen molar-refractivity contribution in [3.63, 3.8) is 0 Å². The van der Waals surface area contributed by atoms with E-state index in [0.717, 1.165) is 10.9 Å². The number of guanidine groups is 1. The fourth-order valence-corrected chi connectivity index (χ4v) is 8.14. The third kappa shape index (κ3) is 16.9. The maximum atomic E-state index is 14.8. The fourth-order valence-electron chi connectivity index (χ4n) is 8.14. The first-order chi connectivity index (χ1) is 34.8. The summed E-state index contributed by atoms with van der Waals surface area (Å²) in [4.78, 5) is 139. The number of rotatable bonds is 19. The summed E-state index contributed by atoms with van der Waals surface area (Å²) in [6.07, 6.45) is 3.59. The van der Waals surface area contributed by atoms with Crippen LogP contribution in [-0.4, -0.2) is 129 Å². The Kier molecular flexibility index (Phi) is 20.4. The van der Waals surface area contributed by atoms with Crippen LogP contribution in [0.1, 0.15) is 70.2 Å². The first-order valence-electron chi connectivity index (χ1n) is 24.1. The molecule has 7 atom stereocenters. The molecular weight excluding hydrogens is 943 g/mol. The Labute approximate surface area is 421 Å². The molecule has 2 aromatic carbocycles. The number of nitrogens with zero attached hydrogens (tertiary/aromatic N) is 2. The fraction of sp³-hybridized carbons (Fsp3) is 0.449. The van der Waals surface area contributed by atoms with Crippen LogP contribution in [0.2, 0.25) is 0 Å². The van der Waals surface area contributed by atoms with Crippen LogP contribution in [0.4, 0.5) is 0 Å². The third-order valence-corrected chi connectivity index (χ3v) is 12.1. The molecule has 3 heterocycles. The number of hydrogen-bond donors (Lipinski definition) is 13. The number of hydrogen-bond acceptors (Lipinski definition) is 11. The lowest BCUT2D eigenvalue weighted by Gasteiger charge is -2.29. The standard InChI is InChI=1S/C49H67N15O9/c1-26(2)40(47(72)56-24-38(50)65)64-48(73)41(27(3)4)63-43(68)34-16-17-39(66)58-37(21-30-23-53-25-57-30)46(71)61-35(19-28-11-6-5-7-12-28)44(69)59-33(15-10-18-54-49(51)52)42(67)62-36(45(70)60-34)20-29-22-55-32-14-9-8-13-31(29)32/h5-9,11-14,22-23,25-27,33-37,40-41,55H,10,15-21,24H2,1-4H3,(H2,50,65)(H,53,57)(H,56,72)(H,58,66)(H,59,69)(H,60,70)(H,61,71)(H,62,67)(H,63,68)(H,64,73)(H4,51,52,54)/t33-,34-,35-,36-,37-,40-,41-/m0/s1. The molecule has 0 aliphatic carbocycles. The smallest absolute Gasteiger partial charge is 0.243 e. The number of carbonyl (C=O) groups excluding carboxylic acids is 9. The van der Waals surface area contributed by atoms with Crippen LogP contribution in [0.5, 0.6) is 0 Å². The number of aromatic nitrogens is 3. The van der Waals surface area contributed by atoms with E-state index in [9.17, 15) is 43.2 Å². The van der Waals surface area contributed by atoms with Gasteiger partial charge in [0.15, 0.2) is 5.96 Å². The van der Waals surface area contributed by atoms with Crippen LogP contribution < -0.4 is 59.7 Å². The number of imidazole rings is 1. The highest BCUT2D eigenvalue weighted by atomic mass is 16.2. The van der Waals surface area contributed by atoms with Crippen LogP contribution in [0.15, 0.2) is 78.3 Å². The van der Waals surface area contributed by atoms with Gasteiger partial charge in [0.25, 0.3) is 0 Å². The minimum Gasteiger partial charge on any atom is -0.370 e. The molecule has 2 aromatic heterocycles. The number of H-pyrrole nitrogens is 2. The average Bonchev–Trinajstić information content (AvgIpc) is 4.02. The highest BCUT2D eigenvalue weighted by molar-refractivity contribution is 5.99. The summed E-state index contributed by atoms with van der Waals surface area (Å²) >= 11 is 0. The van der Waals surface area contributed by atoms with E-state index in [1.165, 1.54) is 12.5 Å². The molecule has 5 rings (SSSR count). The van der Waals surface area contributed by atoms with Crippen molar-refractivity contribution in [3.8, 4) is 0 Å². The summed E-state index contributed by atoms with van der Waals surface area (Å²) in [7, 11) is 0. The molecule has 0 radical (unpaired) electrons. The van der Waals surface area contributed by atoms with Gasteiger partial charge in [0.1, 0.15) is 42.3 Å². The average molecular weight is 1010 g/mol. The lowest BCUT2D eigenvalue weighted by molar-refractivity contribution is -0.136. The zero-order valence-corrected chi connectivity index (χ0v) is 41.3. The van der Waals surface area contributed by atoms with Crippen molar-refractivity contribution < 1.29 is 43.2 Å². The van der Waals surface area contributed by atoms with Gasteiger partial charge in [0.2, 0.25) is 53.2 Å². The Balaban J connectivity index is 1.55. The minimum absolute atomic E-state index is 0.0239. The summed E-state index contributed by atoms with van der Waals surface area (Å²) in [6, 6.07) is 6.77. The third-order valence-electron chi connectivity index (χ3n) is 12.1. The molecule has 24 heteroatoms. The molecule has 73 heavy (non-hydrogen) atoms. The number of amides is 9. The monoisotopic (exact) mass is 1010 g/mol. The van der Waals surface area contributed by atoms with Crippen molar-refractivity contribution in [2.45, 2.75) is 115 Å². The molecule has 0 unspecified atom stereocenters. The van der Waals surface area contributed by atoms with Crippen molar-refractivity contribution in [1.29, 1.82) is 0 Å². The molecular formula is C49H67N15O9. The zero-order chi connectivity index (χ0) is 53.2. The number of aromatic amines is 2. The SMILES string of the molecule is CC(C)[C@H](NC(=O)[C@@H]1CCC(=O)N[C@@H](Cc2cnc[nH]2)C(=O)N[C@@H](Cc2ccccc2)C(=O)N[C@@H](CCCN=C(N)N)C(=O)N[C@@H](Cc2c[nH]c3ccccc23)C(=O)N1)C(=O)N[C@H](C(=O)NCC(N)=O)C(C)C. The second-order valence-electron chi connectivity index (χ2n) is 18.5. The van der Waals surface area contributed by atoms with Gasteiger partial charge in [0.05, 0.1) is 12.9 Å². The number of nitrogens with one attached hydrogen (secondary N) is 10. The van der Waals surface area contributed by atoms with E-state index in [1.807, 2.05) is 18.2 Å². The Hall–Kier alpha value is -8.31. The van der Waals surface area contributed by atoms with Gasteiger partial charge in [-0.1, -0.05) is 76.2 Å². The number of carbonyl (C=O) groups is 9. The van der Waals surface area contributed by atoms with Crippen molar-refractivity contribution in [1.82, 2.24) is 57.5 Å². The quantitative estimate of drug-likeness (QED) is 0.0278. The lowest BCUT2D eigenvalue weighted by atomic mass is 9.98. The Morgan fingerprint density at radius 3 is 1.95 bits per heavy atom. The number of fused-ring (bicyclic) bond motifs is 1. The second-order valence-corrected chi connectivity index (χ2v) is 18.5. The van der Waals surface area contributed by atoms with Crippen LogP contribution in [0, 0.1) is 11.8 Å².